The van der Waals surface area contributed by atoms with Crippen molar-refractivity contribution in [3.8, 4) is 0 Å². The van der Waals surface area contributed by atoms with Gasteiger partial charge in [-0.25, -0.2) is 0 Å². The minimum atomic E-state index is -0.490. The predicted octanol–water partition coefficient (Wildman–Crippen LogP) is -1.39. The van der Waals surface area contributed by atoms with E-state index in [0.29, 0.717) is 65.6 Å². The van der Waals surface area contributed by atoms with Crippen LogP contribution in [0.25, 0.3) is 0 Å². The van der Waals surface area contributed by atoms with Crippen molar-refractivity contribution in [2.45, 2.75) is 26.3 Å². The summed E-state index contributed by atoms with van der Waals surface area (Å²) in [5.41, 5.74) is 5.35. The molecule has 11 nitrogen and oxygen atoms in total. The lowest BCUT2D eigenvalue weighted by molar-refractivity contribution is -0.151. The zero-order valence-electron chi connectivity index (χ0n) is 20.4. The lowest BCUT2D eigenvalue weighted by atomic mass is 9.91. The number of hydrogen-bond donors (Lipinski definition) is 1. The predicted molar refractivity (Wildman–Crippen MR) is 123 cm³/mol. The molecule has 33 heavy (non-hydrogen) atoms. The number of piperazine rings is 1. The molecule has 0 amide bonds. The van der Waals surface area contributed by atoms with Crippen LogP contribution in [0, 0.1) is 0 Å². The van der Waals surface area contributed by atoms with Gasteiger partial charge in [-0.05, 0) is 20.8 Å². The molecule has 0 aliphatic carbocycles. The molecule has 1 spiro atoms. The Labute approximate surface area is 197 Å². The highest BCUT2D eigenvalue weighted by atomic mass is 16.5. The Morgan fingerprint density at radius 2 is 1.12 bits per heavy atom. The third-order valence-electron chi connectivity index (χ3n) is 6.03. The first-order valence-corrected chi connectivity index (χ1v) is 11.9. The molecule has 0 saturated carbocycles. The lowest BCUT2D eigenvalue weighted by Gasteiger charge is -2.52. The summed E-state index contributed by atoms with van der Waals surface area (Å²) in [5, 5.41) is 0. The van der Waals surface area contributed by atoms with Crippen LogP contribution in [0.2, 0.25) is 0 Å². The van der Waals surface area contributed by atoms with Crippen molar-refractivity contribution < 1.29 is 28.6 Å². The van der Waals surface area contributed by atoms with Gasteiger partial charge in [0.15, 0.2) is 0 Å². The van der Waals surface area contributed by atoms with Crippen molar-refractivity contribution in [1.29, 1.82) is 0 Å². The van der Waals surface area contributed by atoms with Gasteiger partial charge in [-0.1, -0.05) is 0 Å². The van der Waals surface area contributed by atoms with Crippen LogP contribution in [-0.4, -0.2) is 141 Å². The van der Waals surface area contributed by atoms with Gasteiger partial charge in [0.25, 0.3) is 0 Å². The zero-order valence-corrected chi connectivity index (χ0v) is 20.4. The number of carbonyl (C=O) groups excluding carboxylic acids is 3. The smallest absolute Gasteiger partial charge is 0.320 e. The molecule has 2 N–H and O–H groups in total. The Morgan fingerprint density at radius 1 is 0.697 bits per heavy atom. The van der Waals surface area contributed by atoms with Gasteiger partial charge in [0.1, 0.15) is 0 Å². The van der Waals surface area contributed by atoms with Gasteiger partial charge < -0.3 is 19.9 Å². The van der Waals surface area contributed by atoms with Gasteiger partial charge in [0.05, 0.1) is 45.0 Å². The van der Waals surface area contributed by atoms with Crippen molar-refractivity contribution >= 4 is 17.9 Å². The van der Waals surface area contributed by atoms with E-state index in [1.165, 1.54) is 0 Å². The zero-order chi connectivity index (χ0) is 24.3. The fraction of sp³-hybridized carbons (Fsp3) is 0.864. The molecule has 0 atom stereocenters. The lowest BCUT2D eigenvalue weighted by Crippen LogP contribution is -2.70. The Bertz CT molecular complexity index is 619. The fourth-order valence-electron chi connectivity index (χ4n) is 4.75. The Hall–Kier alpha value is -1.79. The highest BCUT2D eigenvalue weighted by Gasteiger charge is 2.46. The summed E-state index contributed by atoms with van der Waals surface area (Å²) >= 11 is 0. The number of nitrogens with zero attached hydrogens (tertiary/aromatic N) is 4. The molecule has 2 fully saturated rings. The van der Waals surface area contributed by atoms with E-state index in [0.717, 1.165) is 13.1 Å². The van der Waals surface area contributed by atoms with Crippen LogP contribution < -0.4 is 5.73 Å². The minimum Gasteiger partial charge on any atom is -0.465 e. The molecule has 0 unspecified atom stereocenters. The van der Waals surface area contributed by atoms with Gasteiger partial charge in [-0.2, -0.15) is 0 Å². The van der Waals surface area contributed by atoms with Crippen molar-refractivity contribution in [3.63, 3.8) is 0 Å². The third kappa shape index (κ3) is 8.49. The number of ether oxygens (including phenoxy) is 3. The molecule has 2 aliphatic rings. The van der Waals surface area contributed by atoms with E-state index in [-0.39, 0.29) is 37.5 Å². The second-order valence-corrected chi connectivity index (χ2v) is 8.55. The van der Waals surface area contributed by atoms with Crippen molar-refractivity contribution in [2.75, 3.05) is 98.4 Å². The summed E-state index contributed by atoms with van der Waals surface area (Å²) in [6.45, 7) is 12.5. The second-order valence-electron chi connectivity index (χ2n) is 8.55. The second kappa shape index (κ2) is 13.8. The number of carbonyl (C=O) groups is 3. The van der Waals surface area contributed by atoms with Crippen molar-refractivity contribution in [3.05, 3.63) is 0 Å². The summed E-state index contributed by atoms with van der Waals surface area (Å²) < 4.78 is 15.6. The molecule has 2 rings (SSSR count). The largest absolute Gasteiger partial charge is 0.465 e. The summed E-state index contributed by atoms with van der Waals surface area (Å²) in [5.74, 6) is -0.835. The van der Waals surface area contributed by atoms with Crippen LogP contribution in [0.5, 0.6) is 0 Å². The molecule has 0 bridgehead atoms. The Morgan fingerprint density at radius 3 is 1.58 bits per heavy atom. The Kier molecular flexibility index (Phi) is 11.5. The van der Waals surface area contributed by atoms with Gasteiger partial charge >= 0.3 is 17.9 Å². The maximum Gasteiger partial charge on any atom is 0.320 e. The molecular weight excluding hydrogens is 430 g/mol. The van der Waals surface area contributed by atoms with Gasteiger partial charge in [0.2, 0.25) is 0 Å². The first-order chi connectivity index (χ1) is 15.9. The molecule has 0 aromatic carbocycles. The van der Waals surface area contributed by atoms with Gasteiger partial charge in [-0.3, -0.25) is 34.0 Å². The third-order valence-corrected chi connectivity index (χ3v) is 6.03. The van der Waals surface area contributed by atoms with Crippen molar-refractivity contribution in [1.82, 2.24) is 19.6 Å². The highest BCUT2D eigenvalue weighted by molar-refractivity contribution is 5.73. The maximum absolute atomic E-state index is 12.4. The van der Waals surface area contributed by atoms with E-state index in [2.05, 4.69) is 19.6 Å². The number of rotatable bonds is 11. The van der Waals surface area contributed by atoms with E-state index in [1.807, 2.05) is 0 Å². The van der Waals surface area contributed by atoms with E-state index < -0.39 is 5.54 Å². The quantitative estimate of drug-likeness (QED) is 0.283. The molecule has 11 heteroatoms. The summed E-state index contributed by atoms with van der Waals surface area (Å²) in [4.78, 5) is 45.6. The first kappa shape index (κ1) is 27.5. The molecular formula is C22H41N5O6. The monoisotopic (exact) mass is 471 g/mol. The molecule has 190 valence electrons. The standard InChI is InChI=1S/C22H41N5O6/c1-4-31-19(28)13-25-9-10-26(14-20(29)32-5-2)18-22(17-25)16-24(8-7-23)11-12-27(22)15-21(30)33-6-3/h4-18,23H2,1-3H3. The average molecular weight is 472 g/mol. The molecule has 0 radical (unpaired) electrons. The van der Waals surface area contributed by atoms with Crippen LogP contribution in [0.3, 0.4) is 0 Å². The summed E-state index contributed by atoms with van der Waals surface area (Å²) in [6, 6.07) is 0. The SMILES string of the molecule is CCOC(=O)CN1CCN(CC(=O)OCC)CC2(CN(CCN)CCN2CC(=O)OCC)C1. The van der Waals surface area contributed by atoms with E-state index in [9.17, 15) is 14.4 Å². The number of esters is 3. The van der Waals surface area contributed by atoms with E-state index in [1.54, 1.807) is 20.8 Å². The highest BCUT2D eigenvalue weighted by Crippen LogP contribution is 2.27. The van der Waals surface area contributed by atoms with E-state index >= 15 is 0 Å². The topological polar surface area (TPSA) is 118 Å². The summed E-state index contributed by atoms with van der Waals surface area (Å²) in [7, 11) is 0. The van der Waals surface area contributed by atoms with Crippen LogP contribution in [0.1, 0.15) is 20.8 Å². The van der Waals surface area contributed by atoms with Gasteiger partial charge in [-0.15, -0.1) is 0 Å². The normalized spacial score (nSPS) is 20.4. The molecule has 2 saturated heterocycles. The summed E-state index contributed by atoms with van der Waals surface area (Å²) in [6.07, 6.45) is 0. The number of hydrogen-bond acceptors (Lipinski definition) is 11. The maximum atomic E-state index is 12.4. The fourth-order valence-corrected chi connectivity index (χ4v) is 4.75. The molecule has 0 aromatic rings. The van der Waals surface area contributed by atoms with E-state index in [4.69, 9.17) is 19.9 Å². The number of nitrogens with two attached hydrogens (primary N) is 1. The van der Waals surface area contributed by atoms with Crippen molar-refractivity contribution in [2.24, 2.45) is 5.73 Å². The Balaban J connectivity index is 2.33. The van der Waals surface area contributed by atoms with Crippen LogP contribution in [0.15, 0.2) is 0 Å². The van der Waals surface area contributed by atoms with Crippen LogP contribution >= 0.6 is 0 Å². The minimum absolute atomic E-state index is 0.158. The average Bonchev–Trinajstić information content (AvgIpc) is 2.90. The first-order valence-electron chi connectivity index (χ1n) is 11.9. The van der Waals surface area contributed by atoms with Gasteiger partial charge in [0, 0.05) is 58.9 Å². The van der Waals surface area contributed by atoms with Crippen LogP contribution in [-0.2, 0) is 28.6 Å². The van der Waals surface area contributed by atoms with Crippen LogP contribution in [0.4, 0.5) is 0 Å². The molecule has 2 heterocycles. The molecule has 2 aliphatic heterocycles. The molecule has 0 aromatic heterocycles.